The van der Waals surface area contributed by atoms with E-state index in [4.69, 9.17) is 9.84 Å². The maximum Gasteiger partial charge on any atom is 0.138 e. The van der Waals surface area contributed by atoms with Crippen molar-refractivity contribution >= 4 is 0 Å². The van der Waals surface area contributed by atoms with Crippen molar-refractivity contribution in [2.24, 2.45) is 0 Å². The summed E-state index contributed by atoms with van der Waals surface area (Å²) in [7, 11) is 2.19. The average Bonchev–Trinajstić information content (AvgIpc) is 2.48. The molecule has 1 aliphatic rings. The van der Waals surface area contributed by atoms with Gasteiger partial charge in [-0.05, 0) is 38.9 Å². The maximum absolute atomic E-state index is 8.68. The van der Waals surface area contributed by atoms with E-state index in [-0.39, 0.29) is 6.61 Å². The number of aliphatic hydroxyl groups excluding tert-OH is 1. The highest BCUT2D eigenvalue weighted by atomic mass is 16.5. The number of pyridine rings is 1. The highest BCUT2D eigenvalue weighted by Crippen LogP contribution is 2.18. The van der Waals surface area contributed by atoms with Crippen molar-refractivity contribution in [3.63, 3.8) is 0 Å². The monoisotopic (exact) mass is 274 g/mol. The molecule has 108 valence electrons. The lowest BCUT2D eigenvalue weighted by Gasteiger charge is -2.32. The molecule has 0 bridgehead atoms. The minimum Gasteiger partial charge on any atom is -0.492 e. The van der Waals surface area contributed by atoms with Crippen LogP contribution in [-0.2, 0) is 0 Å². The predicted molar refractivity (Wildman–Crippen MR) is 78.6 cm³/mol. The van der Waals surface area contributed by atoms with E-state index in [9.17, 15) is 0 Å². The van der Waals surface area contributed by atoms with Crippen molar-refractivity contribution < 1.29 is 9.84 Å². The second kappa shape index (κ2) is 7.88. The van der Waals surface area contributed by atoms with Gasteiger partial charge in [-0.3, -0.25) is 4.98 Å². The van der Waals surface area contributed by atoms with Crippen molar-refractivity contribution in [3.05, 3.63) is 24.0 Å². The molecular weight excluding hydrogens is 252 g/mol. The zero-order valence-electron chi connectivity index (χ0n) is 12.0. The van der Waals surface area contributed by atoms with Gasteiger partial charge in [-0.1, -0.05) is 18.3 Å². The number of ether oxygens (including phenoxy) is 1. The summed E-state index contributed by atoms with van der Waals surface area (Å²) < 4.78 is 5.76. The lowest BCUT2D eigenvalue weighted by molar-refractivity contribution is 0.153. The Bertz CT molecular complexity index is 479. The number of piperidine rings is 1. The Morgan fingerprint density at radius 1 is 1.45 bits per heavy atom. The van der Waals surface area contributed by atoms with E-state index >= 15 is 0 Å². The molecule has 0 amide bonds. The Morgan fingerprint density at radius 2 is 2.35 bits per heavy atom. The molecule has 1 aromatic heterocycles. The van der Waals surface area contributed by atoms with Gasteiger partial charge in [-0.15, -0.1) is 0 Å². The van der Waals surface area contributed by atoms with Crippen LogP contribution in [0.5, 0.6) is 5.75 Å². The molecule has 4 heteroatoms. The van der Waals surface area contributed by atoms with Gasteiger partial charge in [-0.2, -0.15) is 0 Å². The number of aliphatic hydroxyl groups is 1. The number of likely N-dealkylation sites (tertiary alicyclic amines) is 1. The minimum atomic E-state index is -0.140. The second-order valence-electron chi connectivity index (χ2n) is 5.14. The van der Waals surface area contributed by atoms with Crippen molar-refractivity contribution in [1.29, 1.82) is 0 Å². The first kappa shape index (κ1) is 14.8. The fraction of sp³-hybridized carbons (Fsp3) is 0.562. The standard InChI is InChI=1S/C16H22N2O2/c1-18-8-3-2-6-15(18)7-10-20-16-11-14(5-4-9-19)12-17-13-16/h11-13,15,19H,2-3,6-10H2,1H3. The topological polar surface area (TPSA) is 45.6 Å². The van der Waals surface area contributed by atoms with Crippen LogP contribution in [0.2, 0.25) is 0 Å². The van der Waals surface area contributed by atoms with E-state index in [1.807, 2.05) is 6.07 Å². The van der Waals surface area contributed by atoms with Crippen LogP contribution in [0.15, 0.2) is 18.5 Å². The van der Waals surface area contributed by atoms with Crippen LogP contribution in [0.25, 0.3) is 0 Å². The predicted octanol–water partition coefficient (Wildman–Crippen LogP) is 1.68. The molecule has 0 spiro atoms. The molecule has 0 aromatic carbocycles. The molecule has 0 saturated carbocycles. The van der Waals surface area contributed by atoms with Crippen LogP contribution < -0.4 is 4.74 Å². The summed E-state index contributed by atoms with van der Waals surface area (Å²) in [5, 5.41) is 8.68. The first-order valence-corrected chi connectivity index (χ1v) is 7.17. The van der Waals surface area contributed by atoms with Gasteiger partial charge >= 0.3 is 0 Å². The molecule has 4 nitrogen and oxygen atoms in total. The molecule has 1 aromatic rings. The first-order valence-electron chi connectivity index (χ1n) is 7.17. The molecule has 1 unspecified atom stereocenters. The van der Waals surface area contributed by atoms with Crippen LogP contribution in [0, 0.1) is 11.8 Å². The number of hydrogen-bond donors (Lipinski definition) is 1. The van der Waals surface area contributed by atoms with Gasteiger partial charge in [0, 0.05) is 17.8 Å². The summed E-state index contributed by atoms with van der Waals surface area (Å²) >= 11 is 0. The highest BCUT2D eigenvalue weighted by Gasteiger charge is 2.18. The molecular formula is C16H22N2O2. The van der Waals surface area contributed by atoms with Crippen molar-refractivity contribution in [2.45, 2.75) is 31.7 Å². The van der Waals surface area contributed by atoms with E-state index in [0.717, 1.165) is 17.7 Å². The molecule has 1 fully saturated rings. The van der Waals surface area contributed by atoms with Crippen LogP contribution in [0.4, 0.5) is 0 Å². The van der Waals surface area contributed by atoms with Gasteiger partial charge < -0.3 is 14.7 Å². The van der Waals surface area contributed by atoms with Crippen molar-refractivity contribution in [1.82, 2.24) is 9.88 Å². The molecule has 1 saturated heterocycles. The summed E-state index contributed by atoms with van der Waals surface area (Å²) in [6.45, 7) is 1.76. The number of aromatic nitrogens is 1. The Morgan fingerprint density at radius 3 is 3.15 bits per heavy atom. The van der Waals surface area contributed by atoms with Crippen LogP contribution in [-0.4, -0.2) is 47.8 Å². The molecule has 1 aliphatic heterocycles. The second-order valence-corrected chi connectivity index (χ2v) is 5.14. The highest BCUT2D eigenvalue weighted by molar-refractivity contribution is 5.36. The Balaban J connectivity index is 1.81. The molecule has 0 aliphatic carbocycles. The quantitative estimate of drug-likeness (QED) is 0.849. The molecule has 20 heavy (non-hydrogen) atoms. The molecule has 0 radical (unpaired) electrons. The average molecular weight is 274 g/mol. The summed E-state index contributed by atoms with van der Waals surface area (Å²) in [5.74, 6) is 6.18. The smallest absolute Gasteiger partial charge is 0.138 e. The zero-order valence-corrected chi connectivity index (χ0v) is 12.0. The fourth-order valence-electron chi connectivity index (χ4n) is 2.53. The Hall–Kier alpha value is -1.57. The Kier molecular flexibility index (Phi) is 5.85. The van der Waals surface area contributed by atoms with E-state index in [1.165, 1.54) is 25.8 Å². The molecule has 1 atom stereocenters. The number of rotatable bonds is 4. The summed E-state index contributed by atoms with van der Waals surface area (Å²) in [5.41, 5.74) is 0.770. The first-order chi connectivity index (χ1) is 9.79. The Labute approximate surface area is 120 Å². The van der Waals surface area contributed by atoms with Gasteiger partial charge in [0.2, 0.25) is 0 Å². The van der Waals surface area contributed by atoms with Gasteiger partial charge in [0.25, 0.3) is 0 Å². The van der Waals surface area contributed by atoms with Gasteiger partial charge in [-0.25, -0.2) is 0 Å². The zero-order chi connectivity index (χ0) is 14.2. The van der Waals surface area contributed by atoms with Crippen molar-refractivity contribution in [2.75, 3.05) is 26.8 Å². The number of hydrogen-bond acceptors (Lipinski definition) is 4. The van der Waals surface area contributed by atoms with E-state index < -0.39 is 0 Å². The minimum absolute atomic E-state index is 0.140. The van der Waals surface area contributed by atoms with Gasteiger partial charge in [0.1, 0.15) is 12.4 Å². The van der Waals surface area contributed by atoms with Crippen LogP contribution in [0.1, 0.15) is 31.2 Å². The van der Waals surface area contributed by atoms with E-state index in [0.29, 0.717) is 12.6 Å². The lowest BCUT2D eigenvalue weighted by Crippen LogP contribution is -2.37. The third-order valence-electron chi connectivity index (χ3n) is 3.67. The van der Waals surface area contributed by atoms with Gasteiger partial charge in [0.05, 0.1) is 12.8 Å². The van der Waals surface area contributed by atoms with Crippen LogP contribution in [0.3, 0.4) is 0 Å². The third-order valence-corrected chi connectivity index (χ3v) is 3.67. The molecule has 2 heterocycles. The van der Waals surface area contributed by atoms with E-state index in [2.05, 4.69) is 28.8 Å². The SMILES string of the molecule is CN1CCCCC1CCOc1cncc(C#CCO)c1. The van der Waals surface area contributed by atoms with Crippen molar-refractivity contribution in [3.8, 4) is 17.6 Å². The number of nitrogens with zero attached hydrogens (tertiary/aromatic N) is 2. The largest absolute Gasteiger partial charge is 0.492 e. The molecule has 1 N–H and O–H groups in total. The maximum atomic E-state index is 8.68. The lowest BCUT2D eigenvalue weighted by atomic mass is 10.0. The molecule has 2 rings (SSSR count). The third kappa shape index (κ3) is 4.52. The summed E-state index contributed by atoms with van der Waals surface area (Å²) in [6.07, 6.45) is 8.31. The normalized spacial score (nSPS) is 19.2. The van der Waals surface area contributed by atoms with Gasteiger partial charge in [0.15, 0.2) is 0 Å². The van der Waals surface area contributed by atoms with Crippen LogP contribution >= 0.6 is 0 Å². The fourth-order valence-corrected chi connectivity index (χ4v) is 2.53. The summed E-state index contributed by atoms with van der Waals surface area (Å²) in [6, 6.07) is 2.49. The van der Waals surface area contributed by atoms with E-state index in [1.54, 1.807) is 12.4 Å². The summed E-state index contributed by atoms with van der Waals surface area (Å²) in [4.78, 5) is 6.52.